The Balaban J connectivity index is -0.000000490. The van der Waals surface area contributed by atoms with Gasteiger partial charge in [0.25, 0.3) is 0 Å². The van der Waals surface area contributed by atoms with Crippen LogP contribution in [-0.2, 0) is 21.7 Å². The Bertz CT molecular complexity index is 548. The third-order valence-electron chi connectivity index (χ3n) is 4.48. The zero-order chi connectivity index (χ0) is 16.0. The van der Waals surface area contributed by atoms with Gasteiger partial charge in [0.05, 0.1) is 0 Å². The first kappa shape index (κ1) is 28.6. The quantitative estimate of drug-likeness (QED) is 0.373. The molecular weight excluding hydrogens is 373 g/mol. The minimum atomic E-state index is 0. The molecule has 0 aromatic heterocycles. The van der Waals surface area contributed by atoms with Crippen LogP contribution in [0, 0.1) is 12.8 Å². The molecule has 0 spiro atoms. The van der Waals surface area contributed by atoms with Crippen molar-refractivity contribution in [2.45, 2.75) is 47.5 Å². The fourth-order valence-electron chi connectivity index (χ4n) is 2.76. The number of nitrogens with one attached hydrogen (secondary N) is 1. The minimum absolute atomic E-state index is 0. The predicted molar refractivity (Wildman–Crippen MR) is 110 cm³/mol. The average molecular weight is 404 g/mol. The molecule has 24 heavy (non-hydrogen) atoms. The molecule has 0 saturated carbocycles. The monoisotopic (exact) mass is 403 g/mol. The van der Waals surface area contributed by atoms with E-state index >= 15 is 0 Å². The Morgan fingerprint density at radius 1 is 1.04 bits per heavy atom. The molecule has 0 amide bonds. The summed E-state index contributed by atoms with van der Waals surface area (Å²) in [5, 5.41) is 0. The van der Waals surface area contributed by atoms with E-state index in [-0.39, 0.29) is 46.5 Å². The van der Waals surface area contributed by atoms with E-state index in [0.29, 0.717) is 12.5 Å². The molecule has 0 aliphatic heterocycles. The summed E-state index contributed by atoms with van der Waals surface area (Å²) in [7, 11) is 0. The summed E-state index contributed by atoms with van der Waals surface area (Å²) in [6, 6.07) is 8.42. The SMILES string of the molecule is CCCC[NH-].Cl.Cl.[CH2-]c1ccccc1C1=C(C)C(C)=C(C)C1C.[Ti+2]. The first-order valence-electron chi connectivity index (χ1n) is 7.90. The molecule has 0 fully saturated rings. The van der Waals surface area contributed by atoms with Crippen molar-refractivity contribution in [1.29, 1.82) is 0 Å². The fourth-order valence-corrected chi connectivity index (χ4v) is 2.76. The van der Waals surface area contributed by atoms with E-state index in [9.17, 15) is 0 Å². The van der Waals surface area contributed by atoms with Crippen LogP contribution in [-0.4, -0.2) is 6.54 Å². The summed E-state index contributed by atoms with van der Waals surface area (Å²) < 4.78 is 0. The molecule has 134 valence electrons. The second-order valence-corrected chi connectivity index (χ2v) is 5.83. The van der Waals surface area contributed by atoms with Gasteiger partial charge in [-0.2, -0.15) is 25.1 Å². The number of unbranched alkanes of at least 4 members (excludes halogenated alkanes) is 1. The molecule has 0 radical (unpaired) electrons. The number of hydrogen-bond acceptors (Lipinski definition) is 0. The van der Waals surface area contributed by atoms with Crippen molar-refractivity contribution in [3.63, 3.8) is 0 Å². The summed E-state index contributed by atoms with van der Waals surface area (Å²) in [4.78, 5) is 0. The third kappa shape index (κ3) is 6.98. The van der Waals surface area contributed by atoms with E-state index in [4.69, 9.17) is 5.73 Å². The average Bonchev–Trinajstić information content (AvgIpc) is 2.66. The van der Waals surface area contributed by atoms with Crippen LogP contribution in [0.4, 0.5) is 0 Å². The number of hydrogen-bond donors (Lipinski definition) is 0. The van der Waals surface area contributed by atoms with Gasteiger partial charge in [-0.1, -0.05) is 49.5 Å². The van der Waals surface area contributed by atoms with Crippen LogP contribution < -0.4 is 0 Å². The van der Waals surface area contributed by atoms with Crippen LogP contribution in [0.3, 0.4) is 0 Å². The zero-order valence-corrected chi connectivity index (χ0v) is 18.7. The smallest absolute Gasteiger partial charge is 0.677 e. The molecule has 0 saturated heterocycles. The Morgan fingerprint density at radius 3 is 1.92 bits per heavy atom. The van der Waals surface area contributed by atoms with E-state index in [1.807, 2.05) is 0 Å². The van der Waals surface area contributed by atoms with Crippen molar-refractivity contribution in [2.75, 3.05) is 6.54 Å². The van der Waals surface area contributed by atoms with Crippen LogP contribution in [0.2, 0.25) is 0 Å². The van der Waals surface area contributed by atoms with Crippen LogP contribution in [0.1, 0.15) is 58.6 Å². The fraction of sp³-hybridized carbons (Fsp3) is 0.450. The van der Waals surface area contributed by atoms with E-state index in [1.165, 1.54) is 27.9 Å². The maximum atomic E-state index is 6.60. The molecule has 1 aliphatic carbocycles. The molecule has 4 heteroatoms. The molecule has 0 heterocycles. The van der Waals surface area contributed by atoms with Gasteiger partial charge in [-0.05, 0) is 32.3 Å². The molecular formula is C20H31Cl2NTi. The first-order chi connectivity index (χ1) is 9.95. The summed E-state index contributed by atoms with van der Waals surface area (Å²) >= 11 is 0. The van der Waals surface area contributed by atoms with Gasteiger partial charge < -0.3 is 5.73 Å². The van der Waals surface area contributed by atoms with Gasteiger partial charge >= 0.3 is 21.7 Å². The topological polar surface area (TPSA) is 23.8 Å². The van der Waals surface area contributed by atoms with Gasteiger partial charge in [0.2, 0.25) is 0 Å². The molecule has 1 unspecified atom stereocenters. The zero-order valence-electron chi connectivity index (χ0n) is 15.5. The summed E-state index contributed by atoms with van der Waals surface area (Å²) in [5.41, 5.74) is 14.9. The number of allylic oxidation sites excluding steroid dienone is 4. The van der Waals surface area contributed by atoms with Crippen LogP contribution in [0.15, 0.2) is 41.0 Å². The van der Waals surface area contributed by atoms with Gasteiger partial charge in [-0.15, -0.1) is 42.5 Å². The molecule has 1 atom stereocenters. The molecule has 0 bridgehead atoms. The summed E-state index contributed by atoms with van der Waals surface area (Å²) in [6.45, 7) is 15.8. The summed E-state index contributed by atoms with van der Waals surface area (Å²) in [5.74, 6) is 0.530. The van der Waals surface area contributed by atoms with E-state index < -0.39 is 0 Å². The second-order valence-electron chi connectivity index (χ2n) is 5.83. The van der Waals surface area contributed by atoms with Crippen LogP contribution in [0.5, 0.6) is 0 Å². The molecule has 1 aromatic carbocycles. The molecule has 1 aromatic rings. The van der Waals surface area contributed by atoms with Crippen molar-refractivity contribution in [3.05, 3.63) is 64.8 Å². The Kier molecular flexibility index (Phi) is 16.7. The largest absolute Gasteiger partial charge is 2.00 e. The normalized spacial score (nSPS) is 15.7. The van der Waals surface area contributed by atoms with Gasteiger partial charge in [-0.25, -0.2) is 0 Å². The van der Waals surface area contributed by atoms with Gasteiger partial charge in [-0.3, -0.25) is 0 Å². The maximum Gasteiger partial charge on any atom is 2.00 e. The van der Waals surface area contributed by atoms with Crippen molar-refractivity contribution in [3.8, 4) is 0 Å². The molecule has 2 rings (SSSR count). The Morgan fingerprint density at radius 2 is 1.58 bits per heavy atom. The number of benzene rings is 1. The van der Waals surface area contributed by atoms with Crippen LogP contribution in [0.25, 0.3) is 11.3 Å². The van der Waals surface area contributed by atoms with Crippen molar-refractivity contribution < 1.29 is 21.7 Å². The van der Waals surface area contributed by atoms with E-state index in [1.54, 1.807) is 0 Å². The molecule has 1 nitrogen and oxygen atoms in total. The predicted octanol–water partition coefficient (Wildman–Crippen LogP) is 7.31. The van der Waals surface area contributed by atoms with Gasteiger partial charge in [0.15, 0.2) is 0 Å². The Labute approximate surface area is 176 Å². The van der Waals surface area contributed by atoms with E-state index in [0.717, 1.165) is 18.4 Å². The van der Waals surface area contributed by atoms with Crippen molar-refractivity contribution in [1.82, 2.24) is 0 Å². The first-order valence-corrected chi connectivity index (χ1v) is 7.90. The van der Waals surface area contributed by atoms with E-state index in [2.05, 4.69) is 65.8 Å². The molecule has 1 aliphatic rings. The second kappa shape index (κ2) is 14.0. The summed E-state index contributed by atoms with van der Waals surface area (Å²) in [6.07, 6.45) is 2.21. The van der Waals surface area contributed by atoms with Gasteiger partial charge in [0, 0.05) is 0 Å². The van der Waals surface area contributed by atoms with Crippen LogP contribution >= 0.6 is 24.8 Å². The standard InChI is InChI=1S/C16H19.C4H10N.2ClH.Ti/c1-10-8-6-7-9-15(10)16-13(4)11(2)12(3)14(16)5;1-2-3-4-5;;;/h6-9,13H,1H2,2-5H3;5H,2-4H2,1H3;2*1H;/q2*-1;;;+2. The maximum absolute atomic E-state index is 6.60. The van der Waals surface area contributed by atoms with Gasteiger partial charge in [0.1, 0.15) is 0 Å². The minimum Gasteiger partial charge on any atom is -0.677 e. The Hall–Kier alpha value is -0.176. The number of halogens is 2. The molecule has 1 N–H and O–H groups in total. The number of rotatable bonds is 3. The van der Waals surface area contributed by atoms with Crippen molar-refractivity contribution >= 4 is 30.4 Å². The van der Waals surface area contributed by atoms with Crippen molar-refractivity contribution in [2.24, 2.45) is 5.92 Å². The third-order valence-corrected chi connectivity index (χ3v) is 4.48.